The highest BCUT2D eigenvalue weighted by molar-refractivity contribution is 6.30. The van der Waals surface area contributed by atoms with E-state index in [4.69, 9.17) is 16.9 Å². The summed E-state index contributed by atoms with van der Waals surface area (Å²) in [7, 11) is 0. The van der Waals surface area contributed by atoms with Crippen LogP contribution >= 0.6 is 11.6 Å². The second-order valence-electron chi connectivity index (χ2n) is 4.93. The van der Waals surface area contributed by atoms with Crippen LogP contribution < -0.4 is 9.80 Å². The standard InChI is InChI=1S/C16H15ClN4/c17-13-3-5-14(6-4-13)20-8-10-21(11-9-20)16-2-1-7-19-15(16)12-18/h1-7H,8-11H2. The van der Waals surface area contributed by atoms with Gasteiger partial charge in [0.2, 0.25) is 0 Å². The van der Waals surface area contributed by atoms with Gasteiger partial charge in [0.05, 0.1) is 5.69 Å². The third kappa shape index (κ3) is 2.93. The van der Waals surface area contributed by atoms with E-state index >= 15 is 0 Å². The Morgan fingerprint density at radius 2 is 1.67 bits per heavy atom. The summed E-state index contributed by atoms with van der Waals surface area (Å²) in [6, 6.07) is 13.9. The Bertz CT molecular complexity index is 655. The number of pyridine rings is 1. The first-order valence-electron chi connectivity index (χ1n) is 6.88. The second kappa shape index (κ2) is 6.02. The lowest BCUT2D eigenvalue weighted by atomic mass is 10.2. The van der Waals surface area contributed by atoms with E-state index in [0.717, 1.165) is 36.9 Å². The molecule has 0 N–H and O–H groups in total. The van der Waals surface area contributed by atoms with Gasteiger partial charge in [-0.3, -0.25) is 0 Å². The van der Waals surface area contributed by atoms with Gasteiger partial charge in [-0.15, -0.1) is 0 Å². The Balaban J connectivity index is 1.70. The molecule has 5 heteroatoms. The minimum atomic E-state index is 0.498. The molecular weight excluding hydrogens is 284 g/mol. The number of hydrogen-bond acceptors (Lipinski definition) is 4. The van der Waals surface area contributed by atoms with Crippen molar-refractivity contribution in [2.45, 2.75) is 0 Å². The van der Waals surface area contributed by atoms with Crippen molar-refractivity contribution < 1.29 is 0 Å². The van der Waals surface area contributed by atoms with E-state index in [1.54, 1.807) is 6.20 Å². The number of hydrogen-bond donors (Lipinski definition) is 0. The molecule has 4 nitrogen and oxygen atoms in total. The molecule has 0 atom stereocenters. The van der Waals surface area contributed by atoms with Crippen molar-refractivity contribution in [1.82, 2.24) is 4.98 Å². The summed E-state index contributed by atoms with van der Waals surface area (Å²) in [4.78, 5) is 8.68. The highest BCUT2D eigenvalue weighted by atomic mass is 35.5. The van der Waals surface area contributed by atoms with E-state index in [-0.39, 0.29) is 0 Å². The van der Waals surface area contributed by atoms with Gasteiger partial charge in [0, 0.05) is 43.1 Å². The van der Waals surface area contributed by atoms with Gasteiger partial charge in [0.25, 0.3) is 0 Å². The summed E-state index contributed by atoms with van der Waals surface area (Å²) in [6.45, 7) is 3.59. The Morgan fingerprint density at radius 3 is 2.33 bits per heavy atom. The van der Waals surface area contributed by atoms with E-state index in [1.165, 1.54) is 5.69 Å². The largest absolute Gasteiger partial charge is 0.368 e. The number of rotatable bonds is 2. The molecule has 2 heterocycles. The fraction of sp³-hybridized carbons (Fsp3) is 0.250. The van der Waals surface area contributed by atoms with Crippen molar-refractivity contribution in [3.63, 3.8) is 0 Å². The van der Waals surface area contributed by atoms with Gasteiger partial charge in [-0.25, -0.2) is 4.98 Å². The van der Waals surface area contributed by atoms with Gasteiger partial charge in [-0.1, -0.05) is 11.6 Å². The first-order valence-corrected chi connectivity index (χ1v) is 7.26. The first kappa shape index (κ1) is 13.7. The van der Waals surface area contributed by atoms with Crippen molar-refractivity contribution >= 4 is 23.0 Å². The van der Waals surface area contributed by atoms with Crippen LogP contribution in [-0.4, -0.2) is 31.2 Å². The summed E-state index contributed by atoms with van der Waals surface area (Å²) >= 11 is 5.92. The Labute approximate surface area is 129 Å². The fourth-order valence-electron chi connectivity index (χ4n) is 2.60. The number of anilines is 2. The maximum atomic E-state index is 9.14. The van der Waals surface area contributed by atoms with E-state index < -0.39 is 0 Å². The zero-order valence-electron chi connectivity index (χ0n) is 11.5. The quantitative estimate of drug-likeness (QED) is 0.855. The molecule has 1 aliphatic rings. The van der Waals surface area contributed by atoms with Crippen LogP contribution in [0.1, 0.15) is 5.69 Å². The van der Waals surface area contributed by atoms with Gasteiger partial charge in [0.15, 0.2) is 5.69 Å². The molecule has 0 spiro atoms. The average molecular weight is 299 g/mol. The smallest absolute Gasteiger partial charge is 0.163 e. The van der Waals surface area contributed by atoms with Crippen LogP contribution in [0, 0.1) is 11.3 Å². The van der Waals surface area contributed by atoms with Gasteiger partial charge >= 0.3 is 0 Å². The molecule has 1 aliphatic heterocycles. The molecule has 1 fully saturated rings. The lowest BCUT2D eigenvalue weighted by Gasteiger charge is -2.37. The molecule has 0 saturated carbocycles. The molecule has 2 aromatic rings. The predicted octanol–water partition coefficient (Wildman–Crippen LogP) is 2.93. The van der Waals surface area contributed by atoms with E-state index in [0.29, 0.717) is 5.69 Å². The highest BCUT2D eigenvalue weighted by Gasteiger charge is 2.19. The fourth-order valence-corrected chi connectivity index (χ4v) is 2.72. The minimum absolute atomic E-state index is 0.498. The third-order valence-electron chi connectivity index (χ3n) is 3.70. The molecular formula is C16H15ClN4. The minimum Gasteiger partial charge on any atom is -0.368 e. The Kier molecular flexibility index (Phi) is 3.94. The van der Waals surface area contributed by atoms with Crippen LogP contribution in [0.3, 0.4) is 0 Å². The molecule has 0 bridgehead atoms. The molecule has 0 unspecified atom stereocenters. The zero-order chi connectivity index (χ0) is 14.7. The lowest BCUT2D eigenvalue weighted by Crippen LogP contribution is -2.46. The normalized spacial score (nSPS) is 14.9. The molecule has 0 aliphatic carbocycles. The van der Waals surface area contributed by atoms with E-state index in [9.17, 15) is 0 Å². The van der Waals surface area contributed by atoms with Crippen LogP contribution in [0.25, 0.3) is 0 Å². The van der Waals surface area contributed by atoms with Gasteiger partial charge in [0.1, 0.15) is 6.07 Å². The van der Waals surface area contributed by atoms with Crippen molar-refractivity contribution in [2.24, 2.45) is 0 Å². The predicted molar refractivity (Wildman–Crippen MR) is 84.8 cm³/mol. The number of nitriles is 1. The average Bonchev–Trinajstić information content (AvgIpc) is 2.56. The second-order valence-corrected chi connectivity index (χ2v) is 5.37. The van der Waals surface area contributed by atoms with Gasteiger partial charge in [-0.2, -0.15) is 5.26 Å². The molecule has 0 radical (unpaired) electrons. The molecule has 1 aromatic heterocycles. The topological polar surface area (TPSA) is 43.2 Å². The first-order chi connectivity index (χ1) is 10.3. The van der Waals surface area contributed by atoms with Gasteiger partial charge < -0.3 is 9.80 Å². The summed E-state index contributed by atoms with van der Waals surface area (Å²) < 4.78 is 0. The third-order valence-corrected chi connectivity index (χ3v) is 3.96. The zero-order valence-corrected chi connectivity index (χ0v) is 12.3. The molecule has 106 valence electrons. The Morgan fingerprint density at radius 1 is 1.00 bits per heavy atom. The molecule has 0 amide bonds. The van der Waals surface area contributed by atoms with Crippen molar-refractivity contribution in [3.05, 3.63) is 53.3 Å². The van der Waals surface area contributed by atoms with Crippen molar-refractivity contribution in [3.8, 4) is 6.07 Å². The van der Waals surface area contributed by atoms with Gasteiger partial charge in [-0.05, 0) is 36.4 Å². The maximum Gasteiger partial charge on any atom is 0.163 e. The van der Waals surface area contributed by atoms with E-state index in [2.05, 4.69) is 20.9 Å². The molecule has 21 heavy (non-hydrogen) atoms. The number of aromatic nitrogens is 1. The van der Waals surface area contributed by atoms with Crippen LogP contribution in [0.15, 0.2) is 42.6 Å². The maximum absolute atomic E-state index is 9.14. The number of benzene rings is 1. The Hall–Kier alpha value is -2.25. The van der Waals surface area contributed by atoms with Crippen LogP contribution in [0.2, 0.25) is 5.02 Å². The van der Waals surface area contributed by atoms with E-state index in [1.807, 2.05) is 36.4 Å². The number of halogens is 1. The molecule has 1 aromatic carbocycles. The summed E-state index contributed by atoms with van der Waals surface area (Å²) in [5.41, 5.74) is 2.61. The van der Waals surface area contributed by atoms with Crippen LogP contribution in [0.5, 0.6) is 0 Å². The monoisotopic (exact) mass is 298 g/mol. The summed E-state index contributed by atoms with van der Waals surface area (Å²) in [5, 5.41) is 9.90. The number of nitrogens with zero attached hydrogens (tertiary/aromatic N) is 4. The SMILES string of the molecule is N#Cc1ncccc1N1CCN(c2ccc(Cl)cc2)CC1. The van der Waals surface area contributed by atoms with Crippen LogP contribution in [0.4, 0.5) is 11.4 Å². The lowest BCUT2D eigenvalue weighted by molar-refractivity contribution is 0.652. The summed E-state index contributed by atoms with van der Waals surface area (Å²) in [6.07, 6.45) is 1.66. The summed E-state index contributed by atoms with van der Waals surface area (Å²) in [5.74, 6) is 0. The van der Waals surface area contributed by atoms with Crippen molar-refractivity contribution in [2.75, 3.05) is 36.0 Å². The molecule has 1 saturated heterocycles. The van der Waals surface area contributed by atoms with Crippen molar-refractivity contribution in [1.29, 1.82) is 5.26 Å². The molecule has 3 rings (SSSR count). The van der Waals surface area contributed by atoms with Crippen LogP contribution in [-0.2, 0) is 0 Å². The highest BCUT2D eigenvalue weighted by Crippen LogP contribution is 2.23. The number of piperazine rings is 1.